The number of likely N-dealkylation sites (N-methyl/N-ethyl adjacent to an activating group) is 1. The molecule has 1 aromatic heterocycles. The number of hydrogen-bond donors (Lipinski definition) is 1. The quantitative estimate of drug-likeness (QED) is 0.743. The van der Waals surface area contributed by atoms with Crippen LogP contribution in [0.5, 0.6) is 0 Å². The van der Waals surface area contributed by atoms with E-state index in [9.17, 15) is 9.18 Å². The number of rotatable bonds is 6. The molecule has 0 spiro atoms. The van der Waals surface area contributed by atoms with Gasteiger partial charge in [-0.25, -0.2) is 9.18 Å². The standard InChI is InChI=1S/C24H32FN5O2/c1-28-10-4-11-29(13-12-28)23-8-7-20(15-22(23)25)27-24(31)30(18-21-6-3-14-32-21)17-19-5-2-9-26-16-19/h2,5,7-9,15-16,21H,3-4,6,10-14,17-18H2,1H3,(H,27,31)/t21-/m1/s1. The normalized spacial score (nSPS) is 19.6. The number of aromatic nitrogens is 1. The van der Waals surface area contributed by atoms with Crippen molar-refractivity contribution in [2.75, 3.05) is 56.6 Å². The second-order valence-corrected chi connectivity index (χ2v) is 8.62. The average Bonchev–Trinajstić information content (AvgIpc) is 3.21. The van der Waals surface area contributed by atoms with E-state index in [1.165, 1.54) is 6.07 Å². The highest BCUT2D eigenvalue weighted by Gasteiger charge is 2.23. The molecule has 7 nitrogen and oxygen atoms in total. The van der Waals surface area contributed by atoms with Gasteiger partial charge in [0, 0.05) is 57.4 Å². The van der Waals surface area contributed by atoms with Crippen LogP contribution in [0.15, 0.2) is 42.7 Å². The second-order valence-electron chi connectivity index (χ2n) is 8.62. The first kappa shape index (κ1) is 22.5. The third-order valence-corrected chi connectivity index (χ3v) is 6.09. The number of nitrogens with one attached hydrogen (secondary N) is 1. The van der Waals surface area contributed by atoms with Crippen molar-refractivity contribution in [3.63, 3.8) is 0 Å². The lowest BCUT2D eigenvalue weighted by Gasteiger charge is -2.26. The molecule has 2 fully saturated rings. The third kappa shape index (κ3) is 5.95. The van der Waals surface area contributed by atoms with Gasteiger partial charge in [0.2, 0.25) is 0 Å². The summed E-state index contributed by atoms with van der Waals surface area (Å²) in [4.78, 5) is 23.3. The molecule has 0 aliphatic carbocycles. The van der Waals surface area contributed by atoms with Crippen LogP contribution in [0.3, 0.4) is 0 Å². The highest BCUT2D eigenvalue weighted by molar-refractivity contribution is 5.89. The van der Waals surface area contributed by atoms with E-state index in [0.717, 1.165) is 57.6 Å². The molecule has 172 valence electrons. The van der Waals surface area contributed by atoms with E-state index in [0.29, 0.717) is 24.5 Å². The van der Waals surface area contributed by atoms with Crippen molar-refractivity contribution in [2.24, 2.45) is 0 Å². The summed E-state index contributed by atoms with van der Waals surface area (Å²) in [6, 6.07) is 8.48. The smallest absolute Gasteiger partial charge is 0.322 e. The number of anilines is 2. The minimum atomic E-state index is -0.315. The number of ether oxygens (including phenoxy) is 1. The van der Waals surface area contributed by atoms with Gasteiger partial charge in [-0.3, -0.25) is 4.98 Å². The molecule has 1 atom stereocenters. The summed E-state index contributed by atoms with van der Waals surface area (Å²) < 4.78 is 20.7. The zero-order valence-electron chi connectivity index (χ0n) is 18.7. The summed E-state index contributed by atoms with van der Waals surface area (Å²) in [6.07, 6.45) is 6.43. The van der Waals surface area contributed by atoms with Crippen molar-refractivity contribution < 1.29 is 13.9 Å². The molecule has 2 aliphatic rings. The zero-order chi connectivity index (χ0) is 22.3. The molecule has 0 bridgehead atoms. The Bertz CT molecular complexity index is 891. The van der Waals surface area contributed by atoms with Gasteiger partial charge in [0.1, 0.15) is 5.82 Å². The van der Waals surface area contributed by atoms with E-state index in [2.05, 4.69) is 27.1 Å². The highest BCUT2D eigenvalue weighted by atomic mass is 19.1. The largest absolute Gasteiger partial charge is 0.376 e. The Morgan fingerprint density at radius 3 is 2.91 bits per heavy atom. The molecule has 1 N–H and O–H groups in total. The molecule has 0 saturated carbocycles. The second kappa shape index (κ2) is 10.7. The van der Waals surface area contributed by atoms with Crippen molar-refractivity contribution in [3.8, 4) is 0 Å². The Morgan fingerprint density at radius 1 is 1.25 bits per heavy atom. The predicted octanol–water partition coefficient (Wildman–Crippen LogP) is 3.58. The summed E-state index contributed by atoms with van der Waals surface area (Å²) in [5.74, 6) is -0.315. The molecule has 2 amide bonds. The first-order valence-electron chi connectivity index (χ1n) is 11.4. The number of urea groups is 1. The fourth-order valence-electron chi connectivity index (χ4n) is 4.30. The van der Waals surface area contributed by atoms with Crippen LogP contribution in [0.1, 0.15) is 24.8 Å². The third-order valence-electron chi connectivity index (χ3n) is 6.09. The van der Waals surface area contributed by atoms with Crippen LogP contribution in [0.25, 0.3) is 0 Å². The van der Waals surface area contributed by atoms with E-state index in [-0.39, 0.29) is 18.0 Å². The van der Waals surface area contributed by atoms with Crippen molar-refractivity contribution in [1.82, 2.24) is 14.8 Å². The summed E-state index contributed by atoms with van der Waals surface area (Å²) in [5, 5.41) is 2.87. The molecule has 1 aromatic carbocycles. The number of carbonyl (C=O) groups is 1. The van der Waals surface area contributed by atoms with E-state index in [1.54, 1.807) is 29.4 Å². The molecule has 8 heteroatoms. The number of amides is 2. The molecular weight excluding hydrogens is 409 g/mol. The Balaban J connectivity index is 1.44. The van der Waals surface area contributed by atoms with Crippen molar-refractivity contribution in [2.45, 2.75) is 31.9 Å². The summed E-state index contributed by atoms with van der Waals surface area (Å²) >= 11 is 0. The van der Waals surface area contributed by atoms with Crippen LogP contribution in [0.2, 0.25) is 0 Å². The fraction of sp³-hybridized carbons (Fsp3) is 0.500. The van der Waals surface area contributed by atoms with Gasteiger partial charge in [-0.05, 0) is 62.7 Å². The Morgan fingerprint density at radius 2 is 2.16 bits per heavy atom. The first-order valence-corrected chi connectivity index (χ1v) is 11.4. The van der Waals surface area contributed by atoms with E-state index >= 15 is 0 Å². The number of hydrogen-bond acceptors (Lipinski definition) is 5. The number of carbonyl (C=O) groups excluding carboxylic acids is 1. The Labute approximate surface area is 189 Å². The van der Waals surface area contributed by atoms with Crippen LogP contribution >= 0.6 is 0 Å². The summed E-state index contributed by atoms with van der Waals surface area (Å²) in [7, 11) is 2.09. The molecule has 2 aromatic rings. The van der Waals surface area contributed by atoms with Gasteiger partial charge in [-0.1, -0.05) is 6.07 Å². The SMILES string of the molecule is CN1CCCN(c2ccc(NC(=O)N(Cc3cccnc3)C[C@H]3CCCO3)cc2F)CC1. The summed E-state index contributed by atoms with van der Waals surface area (Å²) in [6.45, 7) is 5.18. The molecule has 0 unspecified atom stereocenters. The van der Waals surface area contributed by atoms with Crippen LogP contribution in [0, 0.1) is 5.82 Å². The lowest BCUT2D eigenvalue weighted by atomic mass is 10.2. The minimum absolute atomic E-state index is 0.0256. The van der Waals surface area contributed by atoms with Gasteiger partial charge in [0.25, 0.3) is 0 Å². The van der Waals surface area contributed by atoms with Crippen LogP contribution in [-0.4, -0.2) is 73.3 Å². The van der Waals surface area contributed by atoms with E-state index < -0.39 is 0 Å². The maximum absolute atomic E-state index is 14.9. The van der Waals surface area contributed by atoms with Gasteiger partial charge in [0.05, 0.1) is 11.8 Å². The van der Waals surface area contributed by atoms with Gasteiger partial charge >= 0.3 is 6.03 Å². The maximum atomic E-state index is 14.9. The van der Waals surface area contributed by atoms with Crippen LogP contribution < -0.4 is 10.2 Å². The summed E-state index contributed by atoms with van der Waals surface area (Å²) in [5.41, 5.74) is 1.98. The molecular formula is C24H32FN5O2. The predicted molar refractivity (Wildman–Crippen MR) is 123 cm³/mol. The lowest BCUT2D eigenvalue weighted by Crippen LogP contribution is -2.39. The van der Waals surface area contributed by atoms with Crippen molar-refractivity contribution in [1.29, 1.82) is 0 Å². The monoisotopic (exact) mass is 441 g/mol. The van der Waals surface area contributed by atoms with Crippen molar-refractivity contribution in [3.05, 3.63) is 54.1 Å². The molecule has 32 heavy (non-hydrogen) atoms. The van der Waals surface area contributed by atoms with Gasteiger partial charge in [-0.15, -0.1) is 0 Å². The zero-order valence-corrected chi connectivity index (χ0v) is 18.7. The van der Waals surface area contributed by atoms with Gasteiger partial charge in [-0.2, -0.15) is 0 Å². The van der Waals surface area contributed by atoms with Gasteiger partial charge in [0.15, 0.2) is 0 Å². The first-order chi connectivity index (χ1) is 15.6. The Hall–Kier alpha value is -2.71. The number of halogens is 1. The van der Waals surface area contributed by atoms with Crippen LogP contribution in [0.4, 0.5) is 20.6 Å². The lowest BCUT2D eigenvalue weighted by molar-refractivity contribution is 0.0819. The molecule has 0 radical (unpaired) electrons. The average molecular weight is 442 g/mol. The van der Waals surface area contributed by atoms with Crippen LogP contribution in [-0.2, 0) is 11.3 Å². The molecule has 4 rings (SSSR count). The van der Waals surface area contributed by atoms with E-state index in [4.69, 9.17) is 4.74 Å². The molecule has 2 saturated heterocycles. The Kier molecular flexibility index (Phi) is 7.55. The molecule has 3 heterocycles. The maximum Gasteiger partial charge on any atom is 0.322 e. The van der Waals surface area contributed by atoms with Gasteiger partial charge < -0.3 is 24.8 Å². The molecule has 2 aliphatic heterocycles. The van der Waals surface area contributed by atoms with Crippen molar-refractivity contribution >= 4 is 17.4 Å². The number of nitrogens with zero attached hydrogens (tertiary/aromatic N) is 4. The van der Waals surface area contributed by atoms with E-state index in [1.807, 2.05) is 12.1 Å². The topological polar surface area (TPSA) is 60.9 Å². The number of pyridine rings is 1. The highest BCUT2D eigenvalue weighted by Crippen LogP contribution is 2.25. The minimum Gasteiger partial charge on any atom is -0.376 e. The number of benzene rings is 1. The fourth-order valence-corrected chi connectivity index (χ4v) is 4.30.